The highest BCUT2D eigenvalue weighted by Crippen LogP contribution is 2.28. The molecule has 0 saturated carbocycles. The fourth-order valence-electron chi connectivity index (χ4n) is 3.39. The first-order valence-corrected chi connectivity index (χ1v) is 9.31. The van der Waals surface area contributed by atoms with Gasteiger partial charge in [0.25, 0.3) is 0 Å². The van der Waals surface area contributed by atoms with Crippen LogP contribution in [0.1, 0.15) is 26.0 Å². The van der Waals surface area contributed by atoms with E-state index in [4.69, 9.17) is 24.2 Å². The first kappa shape index (κ1) is 21.1. The predicted octanol–water partition coefficient (Wildman–Crippen LogP) is -1.22. The number of nitrogens with one attached hydrogen (secondary N) is 1. The molecule has 0 spiro atoms. The molecule has 1 aromatic rings. The third-order valence-corrected chi connectivity index (χ3v) is 4.99. The number of hydrogen-bond donors (Lipinski definition) is 4. The van der Waals surface area contributed by atoms with Gasteiger partial charge in [-0.3, -0.25) is 9.40 Å². The summed E-state index contributed by atoms with van der Waals surface area (Å²) < 4.78 is 17.6. The molecule has 11 nitrogen and oxygen atoms in total. The zero-order valence-electron chi connectivity index (χ0n) is 15.7. The molecule has 0 bridgehead atoms. The third kappa shape index (κ3) is 4.51. The fourth-order valence-corrected chi connectivity index (χ4v) is 3.39. The van der Waals surface area contributed by atoms with Crippen LogP contribution in [0, 0.1) is 0 Å². The van der Waals surface area contributed by atoms with E-state index in [-0.39, 0.29) is 12.4 Å². The monoisotopic (exact) mass is 401 g/mol. The van der Waals surface area contributed by atoms with Crippen molar-refractivity contribution in [1.82, 2.24) is 9.55 Å². The molecule has 0 unspecified atom stereocenters. The van der Waals surface area contributed by atoms with Crippen LogP contribution in [0.25, 0.3) is 0 Å². The van der Waals surface area contributed by atoms with Crippen molar-refractivity contribution < 1.29 is 34.4 Å². The summed E-state index contributed by atoms with van der Waals surface area (Å²) in [4.78, 5) is 21.6. The second-order valence-corrected chi connectivity index (χ2v) is 6.85. The first-order valence-electron chi connectivity index (χ1n) is 9.31. The Morgan fingerprint density at radius 3 is 2.71 bits per heavy atom. The minimum atomic E-state index is -1.36. The van der Waals surface area contributed by atoms with Crippen molar-refractivity contribution in [3.8, 4) is 0 Å². The molecule has 2 saturated heterocycles. The predicted molar refractivity (Wildman–Crippen MR) is 95.5 cm³/mol. The van der Waals surface area contributed by atoms with Gasteiger partial charge in [0.05, 0.1) is 12.2 Å². The van der Waals surface area contributed by atoms with Gasteiger partial charge in [-0.2, -0.15) is 4.98 Å². The summed E-state index contributed by atoms with van der Waals surface area (Å²) in [6.45, 7) is 3.47. The van der Waals surface area contributed by atoms with E-state index in [1.54, 1.807) is 0 Å². The summed E-state index contributed by atoms with van der Waals surface area (Å²) >= 11 is 0. The van der Waals surface area contributed by atoms with Gasteiger partial charge in [-0.15, -0.1) is 0 Å². The lowest BCUT2D eigenvalue weighted by atomic mass is 9.95. The lowest BCUT2D eigenvalue weighted by Gasteiger charge is -2.36. The van der Waals surface area contributed by atoms with Crippen molar-refractivity contribution in [3.63, 3.8) is 0 Å². The van der Waals surface area contributed by atoms with Crippen molar-refractivity contribution in [2.75, 3.05) is 38.5 Å². The molecule has 3 rings (SSSR count). The molecule has 158 valence electrons. The SMILES string of the molecule is CCOC1(CONc2ccn([C@@H]3O[C@H](CO)[C@@H](O)[C@H]3O)c(=O)n2)CCOCC1. The molecule has 2 fully saturated rings. The largest absolute Gasteiger partial charge is 0.394 e. The summed E-state index contributed by atoms with van der Waals surface area (Å²) in [6.07, 6.45) is -1.96. The van der Waals surface area contributed by atoms with E-state index in [9.17, 15) is 15.0 Å². The molecule has 3 heterocycles. The summed E-state index contributed by atoms with van der Waals surface area (Å²) in [5.41, 5.74) is 1.50. The van der Waals surface area contributed by atoms with Crippen LogP contribution < -0.4 is 11.2 Å². The molecule has 0 aromatic carbocycles. The molecule has 11 heteroatoms. The minimum absolute atomic E-state index is 0.187. The van der Waals surface area contributed by atoms with Gasteiger partial charge >= 0.3 is 5.69 Å². The van der Waals surface area contributed by atoms with Crippen molar-refractivity contribution in [3.05, 3.63) is 22.7 Å². The molecule has 0 aliphatic carbocycles. The van der Waals surface area contributed by atoms with Gasteiger partial charge in [0.1, 0.15) is 24.9 Å². The fraction of sp³-hybridized carbons (Fsp3) is 0.765. The number of hydrogen-bond acceptors (Lipinski definition) is 10. The second-order valence-electron chi connectivity index (χ2n) is 6.85. The van der Waals surface area contributed by atoms with E-state index >= 15 is 0 Å². The maximum Gasteiger partial charge on any atom is 0.351 e. The summed E-state index contributed by atoms with van der Waals surface area (Å²) in [6, 6.07) is 1.48. The Morgan fingerprint density at radius 2 is 2.11 bits per heavy atom. The number of aromatic nitrogens is 2. The number of aliphatic hydroxyl groups excluding tert-OH is 3. The van der Waals surface area contributed by atoms with E-state index in [1.807, 2.05) is 6.92 Å². The van der Waals surface area contributed by atoms with Crippen molar-refractivity contribution in [2.45, 2.75) is 49.9 Å². The Bertz CT molecular complexity index is 688. The van der Waals surface area contributed by atoms with Gasteiger partial charge < -0.3 is 29.5 Å². The van der Waals surface area contributed by atoms with Crippen LogP contribution in [0.3, 0.4) is 0 Å². The lowest BCUT2D eigenvalue weighted by molar-refractivity contribution is -0.137. The molecular weight excluding hydrogens is 374 g/mol. The first-order chi connectivity index (χ1) is 13.5. The van der Waals surface area contributed by atoms with Crippen LogP contribution in [0.2, 0.25) is 0 Å². The highest BCUT2D eigenvalue weighted by atomic mass is 16.7. The summed E-state index contributed by atoms with van der Waals surface area (Å²) in [5.74, 6) is 0.187. The maximum absolute atomic E-state index is 12.3. The van der Waals surface area contributed by atoms with Crippen LogP contribution in [0.5, 0.6) is 0 Å². The second kappa shape index (κ2) is 9.27. The Kier molecular flexibility index (Phi) is 6.99. The van der Waals surface area contributed by atoms with E-state index in [2.05, 4.69) is 10.5 Å². The van der Waals surface area contributed by atoms with Gasteiger partial charge in [-0.05, 0) is 13.0 Å². The third-order valence-electron chi connectivity index (χ3n) is 4.99. The lowest BCUT2D eigenvalue weighted by Crippen LogP contribution is -2.44. The molecule has 4 atom stereocenters. The van der Waals surface area contributed by atoms with Gasteiger partial charge in [0.15, 0.2) is 12.0 Å². The molecule has 0 radical (unpaired) electrons. The van der Waals surface area contributed by atoms with Gasteiger partial charge in [0.2, 0.25) is 0 Å². The molecule has 0 amide bonds. The topological polar surface area (TPSA) is 145 Å². The van der Waals surface area contributed by atoms with Crippen molar-refractivity contribution in [2.24, 2.45) is 0 Å². The molecule has 2 aliphatic rings. The Morgan fingerprint density at radius 1 is 1.36 bits per heavy atom. The number of anilines is 1. The minimum Gasteiger partial charge on any atom is -0.394 e. The average Bonchev–Trinajstić information content (AvgIpc) is 2.97. The van der Waals surface area contributed by atoms with Crippen molar-refractivity contribution in [1.29, 1.82) is 0 Å². The quantitative estimate of drug-likeness (QED) is 0.391. The maximum atomic E-state index is 12.3. The molecule has 4 N–H and O–H groups in total. The number of aliphatic hydroxyl groups is 3. The Hall–Kier alpha value is -1.60. The molecule has 28 heavy (non-hydrogen) atoms. The van der Waals surface area contributed by atoms with Gasteiger partial charge in [0, 0.05) is 38.9 Å². The smallest absolute Gasteiger partial charge is 0.351 e. The number of rotatable bonds is 8. The van der Waals surface area contributed by atoms with E-state index in [1.165, 1.54) is 12.3 Å². The molecule has 1 aromatic heterocycles. The number of nitrogens with zero attached hydrogens (tertiary/aromatic N) is 2. The standard InChI is InChI=1S/C17H27N3O8/c1-2-26-17(4-7-25-8-5-17)10-27-19-12-3-6-20(16(24)18-12)15-14(23)13(22)11(9-21)28-15/h3,6,11,13-15,21-23H,2,4-5,7-10H2,1H3,(H,18,19,24)/t11-,13-,14-,15-/m1/s1. The number of ether oxygens (including phenoxy) is 3. The Labute approximate surface area is 161 Å². The van der Waals surface area contributed by atoms with Crippen LogP contribution in [-0.4, -0.2) is 81.8 Å². The van der Waals surface area contributed by atoms with Crippen LogP contribution in [0.4, 0.5) is 5.82 Å². The van der Waals surface area contributed by atoms with Gasteiger partial charge in [-0.25, -0.2) is 10.3 Å². The van der Waals surface area contributed by atoms with Crippen LogP contribution in [0.15, 0.2) is 17.1 Å². The van der Waals surface area contributed by atoms with E-state index < -0.39 is 42.4 Å². The normalized spacial score (nSPS) is 29.7. The highest BCUT2D eigenvalue weighted by Gasteiger charge is 2.43. The summed E-state index contributed by atoms with van der Waals surface area (Å²) in [5, 5.41) is 29.0. The van der Waals surface area contributed by atoms with E-state index in [0.29, 0.717) is 32.7 Å². The zero-order valence-corrected chi connectivity index (χ0v) is 15.7. The highest BCUT2D eigenvalue weighted by molar-refractivity contribution is 5.28. The molecular formula is C17H27N3O8. The van der Waals surface area contributed by atoms with E-state index in [0.717, 1.165) is 4.57 Å². The van der Waals surface area contributed by atoms with Gasteiger partial charge in [-0.1, -0.05) is 0 Å². The van der Waals surface area contributed by atoms with Crippen LogP contribution in [-0.2, 0) is 19.0 Å². The zero-order chi connectivity index (χ0) is 20.1. The molecule has 2 aliphatic heterocycles. The summed E-state index contributed by atoms with van der Waals surface area (Å²) in [7, 11) is 0. The Balaban J connectivity index is 1.61. The van der Waals surface area contributed by atoms with Crippen molar-refractivity contribution >= 4 is 5.82 Å². The van der Waals surface area contributed by atoms with Crippen LogP contribution >= 0.6 is 0 Å². The average molecular weight is 401 g/mol.